The Balaban J connectivity index is 1.84. The molecule has 1 aliphatic rings. The number of nitrogens with one attached hydrogen (secondary N) is 2. The fourth-order valence-corrected chi connectivity index (χ4v) is 3.02. The van der Waals surface area contributed by atoms with Crippen molar-refractivity contribution in [1.29, 1.82) is 0 Å². The molecule has 136 valence electrons. The number of rotatable bonds is 13. The Morgan fingerprint density at radius 2 is 1.65 bits per heavy atom. The normalized spacial score (nSPS) is 16.2. The highest BCUT2D eigenvalue weighted by atomic mass is 16.5. The van der Waals surface area contributed by atoms with E-state index < -0.39 is 0 Å². The summed E-state index contributed by atoms with van der Waals surface area (Å²) in [6, 6.07) is 0. The van der Waals surface area contributed by atoms with Gasteiger partial charge in [0.2, 0.25) is 5.91 Å². The van der Waals surface area contributed by atoms with E-state index in [-0.39, 0.29) is 5.91 Å². The second-order valence-corrected chi connectivity index (χ2v) is 6.43. The molecular formula is C18H36N2O3. The molecule has 0 aliphatic heterocycles. The highest BCUT2D eigenvalue weighted by Gasteiger charge is 2.11. The van der Waals surface area contributed by atoms with Crippen molar-refractivity contribution in [3.8, 4) is 0 Å². The maximum absolute atomic E-state index is 11.7. The van der Waals surface area contributed by atoms with Gasteiger partial charge in [0.25, 0.3) is 0 Å². The van der Waals surface area contributed by atoms with Crippen molar-refractivity contribution in [3.63, 3.8) is 0 Å². The lowest BCUT2D eigenvalue weighted by Gasteiger charge is -2.13. The number of carbonyl (C=O) groups is 1. The Morgan fingerprint density at radius 1 is 0.957 bits per heavy atom. The number of hydrogen-bond acceptors (Lipinski definition) is 4. The number of likely N-dealkylation sites (N-methyl/N-ethyl adjacent to an activating group) is 1. The van der Waals surface area contributed by atoms with Crippen molar-refractivity contribution in [2.75, 3.05) is 46.6 Å². The number of carbonyl (C=O) groups excluding carboxylic acids is 1. The van der Waals surface area contributed by atoms with Crippen molar-refractivity contribution in [2.24, 2.45) is 5.92 Å². The summed E-state index contributed by atoms with van der Waals surface area (Å²) in [5.41, 5.74) is 0. The van der Waals surface area contributed by atoms with E-state index >= 15 is 0 Å². The zero-order chi connectivity index (χ0) is 16.6. The molecule has 1 saturated carbocycles. The summed E-state index contributed by atoms with van der Waals surface area (Å²) in [7, 11) is 1.90. The summed E-state index contributed by atoms with van der Waals surface area (Å²) < 4.78 is 10.7. The summed E-state index contributed by atoms with van der Waals surface area (Å²) in [5, 5.41) is 6.01. The molecule has 0 bridgehead atoms. The smallest absolute Gasteiger partial charge is 0.222 e. The van der Waals surface area contributed by atoms with E-state index in [1.807, 2.05) is 7.05 Å². The van der Waals surface area contributed by atoms with E-state index in [1.165, 1.54) is 44.9 Å². The van der Waals surface area contributed by atoms with Gasteiger partial charge in [0, 0.05) is 19.5 Å². The molecule has 0 aromatic heterocycles. The molecule has 0 unspecified atom stereocenters. The van der Waals surface area contributed by atoms with Gasteiger partial charge in [-0.3, -0.25) is 4.79 Å². The van der Waals surface area contributed by atoms with E-state index in [9.17, 15) is 4.79 Å². The molecule has 0 saturated heterocycles. The lowest BCUT2D eigenvalue weighted by Crippen LogP contribution is -2.26. The van der Waals surface area contributed by atoms with Gasteiger partial charge in [-0.25, -0.2) is 0 Å². The Morgan fingerprint density at radius 3 is 2.35 bits per heavy atom. The van der Waals surface area contributed by atoms with Crippen molar-refractivity contribution in [1.82, 2.24) is 10.6 Å². The standard InChI is InChI=1S/C18H36N2O3/c1-19-12-14-23-16-15-22-13-10-18(21)20-11-6-9-17-7-4-2-3-5-8-17/h17,19H,2-16H2,1H3,(H,20,21). The van der Waals surface area contributed by atoms with Gasteiger partial charge in [-0.05, 0) is 25.8 Å². The SMILES string of the molecule is CNCCOCCOCCC(=O)NCCCC1CCCCCC1. The molecule has 0 atom stereocenters. The van der Waals surface area contributed by atoms with Crippen molar-refractivity contribution in [2.45, 2.75) is 57.8 Å². The van der Waals surface area contributed by atoms with E-state index in [0.717, 1.165) is 25.4 Å². The number of ether oxygens (including phenoxy) is 2. The zero-order valence-electron chi connectivity index (χ0n) is 14.9. The van der Waals surface area contributed by atoms with Gasteiger partial charge < -0.3 is 20.1 Å². The van der Waals surface area contributed by atoms with Gasteiger partial charge in [0.1, 0.15) is 0 Å². The minimum atomic E-state index is 0.0990. The fourth-order valence-electron chi connectivity index (χ4n) is 3.02. The van der Waals surface area contributed by atoms with Crippen LogP contribution in [0, 0.1) is 5.92 Å². The summed E-state index contributed by atoms with van der Waals surface area (Å²) in [6.45, 7) is 3.97. The maximum Gasteiger partial charge on any atom is 0.222 e. The topological polar surface area (TPSA) is 59.6 Å². The molecular weight excluding hydrogens is 292 g/mol. The van der Waals surface area contributed by atoms with Gasteiger partial charge in [-0.2, -0.15) is 0 Å². The third-order valence-electron chi connectivity index (χ3n) is 4.43. The highest BCUT2D eigenvalue weighted by molar-refractivity contribution is 5.75. The molecule has 0 spiro atoms. The van der Waals surface area contributed by atoms with Crippen molar-refractivity contribution < 1.29 is 14.3 Å². The summed E-state index contributed by atoms with van der Waals surface area (Å²) >= 11 is 0. The first-order chi connectivity index (χ1) is 11.3. The largest absolute Gasteiger partial charge is 0.379 e. The van der Waals surface area contributed by atoms with Gasteiger partial charge in [-0.15, -0.1) is 0 Å². The average Bonchev–Trinajstić information content (AvgIpc) is 2.83. The van der Waals surface area contributed by atoms with Crippen LogP contribution in [0.5, 0.6) is 0 Å². The van der Waals surface area contributed by atoms with Crippen LogP contribution in [0.2, 0.25) is 0 Å². The molecule has 0 heterocycles. The Labute approximate surface area is 141 Å². The minimum absolute atomic E-state index is 0.0990. The van der Waals surface area contributed by atoms with E-state index in [2.05, 4.69) is 10.6 Å². The summed E-state index contributed by atoms with van der Waals surface area (Å²) in [4.78, 5) is 11.7. The molecule has 5 nitrogen and oxygen atoms in total. The molecule has 1 rings (SSSR count). The van der Waals surface area contributed by atoms with E-state index in [0.29, 0.717) is 32.8 Å². The molecule has 0 aromatic carbocycles. The Hall–Kier alpha value is -0.650. The fraction of sp³-hybridized carbons (Fsp3) is 0.944. The summed E-state index contributed by atoms with van der Waals surface area (Å²) in [6.07, 6.45) is 11.2. The lowest BCUT2D eigenvalue weighted by molar-refractivity contribution is -0.122. The number of amides is 1. The average molecular weight is 328 g/mol. The van der Waals surface area contributed by atoms with Crippen LogP contribution in [0.4, 0.5) is 0 Å². The monoisotopic (exact) mass is 328 g/mol. The minimum Gasteiger partial charge on any atom is -0.379 e. The van der Waals surface area contributed by atoms with Crippen LogP contribution in [-0.4, -0.2) is 52.5 Å². The first kappa shape index (κ1) is 20.4. The van der Waals surface area contributed by atoms with Crippen LogP contribution in [-0.2, 0) is 14.3 Å². The number of hydrogen-bond donors (Lipinski definition) is 2. The van der Waals surface area contributed by atoms with E-state index in [4.69, 9.17) is 9.47 Å². The second kappa shape index (κ2) is 14.9. The van der Waals surface area contributed by atoms with Crippen LogP contribution in [0.1, 0.15) is 57.8 Å². The molecule has 1 fully saturated rings. The second-order valence-electron chi connectivity index (χ2n) is 6.43. The maximum atomic E-state index is 11.7. The molecule has 2 N–H and O–H groups in total. The molecule has 1 aliphatic carbocycles. The van der Waals surface area contributed by atoms with Crippen LogP contribution in [0.15, 0.2) is 0 Å². The Kier molecular flexibility index (Phi) is 13.2. The summed E-state index contributed by atoms with van der Waals surface area (Å²) in [5.74, 6) is 0.989. The predicted octanol–water partition coefficient (Wildman–Crippen LogP) is 2.50. The molecule has 23 heavy (non-hydrogen) atoms. The van der Waals surface area contributed by atoms with E-state index in [1.54, 1.807) is 0 Å². The van der Waals surface area contributed by atoms with Gasteiger partial charge in [0.05, 0.1) is 26.4 Å². The van der Waals surface area contributed by atoms with Gasteiger partial charge in [-0.1, -0.05) is 38.5 Å². The molecule has 5 heteroatoms. The van der Waals surface area contributed by atoms with Crippen LogP contribution in [0.25, 0.3) is 0 Å². The van der Waals surface area contributed by atoms with Crippen LogP contribution >= 0.6 is 0 Å². The van der Waals surface area contributed by atoms with Gasteiger partial charge >= 0.3 is 0 Å². The lowest BCUT2D eigenvalue weighted by atomic mass is 9.95. The first-order valence-corrected chi connectivity index (χ1v) is 9.39. The quantitative estimate of drug-likeness (QED) is 0.403. The van der Waals surface area contributed by atoms with Crippen molar-refractivity contribution in [3.05, 3.63) is 0 Å². The molecule has 0 aromatic rings. The Bertz CT molecular complexity index is 279. The molecule has 0 radical (unpaired) electrons. The predicted molar refractivity (Wildman–Crippen MR) is 93.6 cm³/mol. The van der Waals surface area contributed by atoms with Gasteiger partial charge in [0.15, 0.2) is 0 Å². The molecule has 1 amide bonds. The third kappa shape index (κ3) is 12.4. The third-order valence-corrected chi connectivity index (χ3v) is 4.43. The zero-order valence-corrected chi connectivity index (χ0v) is 14.9. The first-order valence-electron chi connectivity index (χ1n) is 9.39. The highest BCUT2D eigenvalue weighted by Crippen LogP contribution is 2.26. The van der Waals surface area contributed by atoms with Crippen LogP contribution in [0.3, 0.4) is 0 Å². The van der Waals surface area contributed by atoms with Crippen molar-refractivity contribution >= 4 is 5.91 Å². The van der Waals surface area contributed by atoms with Crippen LogP contribution < -0.4 is 10.6 Å².